The summed E-state index contributed by atoms with van der Waals surface area (Å²) >= 11 is 0. The number of carbonyl (C=O) groups excluding carboxylic acids is 4. The van der Waals surface area contributed by atoms with Gasteiger partial charge in [0.1, 0.15) is 0 Å². The molecule has 0 amide bonds. The van der Waals surface area contributed by atoms with Gasteiger partial charge in [0.2, 0.25) is 0 Å². The predicted octanol–water partition coefficient (Wildman–Crippen LogP) is 6.25. The number of rotatable bonds is 6. The average Bonchev–Trinajstić information content (AvgIpc) is 2.94. The number of allylic oxidation sites excluding steroid dienone is 2. The molecule has 0 heterocycles. The molecule has 0 bridgehead atoms. The summed E-state index contributed by atoms with van der Waals surface area (Å²) in [5.41, 5.74) is 3.53. The van der Waals surface area contributed by atoms with E-state index in [1.165, 1.54) is 12.2 Å². The third-order valence-electron chi connectivity index (χ3n) is 6.07. The SMILES string of the molecule is O=C(/C=C/c1ccc(/C=C/C(=O)c2cccc3c2C(=O)c2ccccc2C3=O)cc1)c1ccccc1. The van der Waals surface area contributed by atoms with Gasteiger partial charge in [-0.25, -0.2) is 0 Å². The Kier molecular flexibility index (Phi) is 6.16. The molecule has 0 saturated heterocycles. The Bertz CT molecular complexity index is 1570. The standard InChI is InChI=1S/C32H20O4/c33-28(23-7-2-1-3-8-23)19-17-21-13-15-22(16-14-21)18-20-29(34)26-11-6-12-27-30(26)32(36)25-10-5-4-9-24(25)31(27)35/h1-20H/b19-17+,20-18+. The molecule has 0 aromatic heterocycles. The van der Waals surface area contributed by atoms with E-state index in [0.717, 1.165) is 11.1 Å². The highest BCUT2D eigenvalue weighted by atomic mass is 16.1. The number of benzene rings is 4. The molecule has 4 aromatic rings. The Hall–Kier alpha value is -4.96. The summed E-state index contributed by atoms with van der Waals surface area (Å²) in [5, 5.41) is 0. The fourth-order valence-corrected chi connectivity index (χ4v) is 4.20. The lowest BCUT2D eigenvalue weighted by Crippen LogP contribution is -2.23. The lowest BCUT2D eigenvalue weighted by Gasteiger charge is -2.19. The minimum Gasteiger partial charge on any atom is -0.289 e. The van der Waals surface area contributed by atoms with Gasteiger partial charge in [0.15, 0.2) is 23.1 Å². The molecule has 0 fully saturated rings. The van der Waals surface area contributed by atoms with Gasteiger partial charge in [-0.2, -0.15) is 0 Å². The van der Waals surface area contributed by atoms with Gasteiger partial charge in [0.05, 0.1) is 0 Å². The maximum Gasteiger partial charge on any atom is 0.195 e. The van der Waals surface area contributed by atoms with Crippen molar-refractivity contribution >= 4 is 35.3 Å². The number of ketones is 4. The van der Waals surface area contributed by atoms with Gasteiger partial charge in [-0.15, -0.1) is 0 Å². The van der Waals surface area contributed by atoms with E-state index in [1.807, 2.05) is 42.5 Å². The smallest absolute Gasteiger partial charge is 0.195 e. The molecule has 5 rings (SSSR count). The van der Waals surface area contributed by atoms with E-state index >= 15 is 0 Å². The predicted molar refractivity (Wildman–Crippen MR) is 139 cm³/mol. The number of hydrogen-bond acceptors (Lipinski definition) is 4. The summed E-state index contributed by atoms with van der Waals surface area (Å²) in [5.74, 6) is -1.01. The lowest BCUT2D eigenvalue weighted by atomic mass is 9.81. The van der Waals surface area contributed by atoms with Crippen molar-refractivity contribution < 1.29 is 19.2 Å². The van der Waals surface area contributed by atoms with Crippen molar-refractivity contribution in [1.82, 2.24) is 0 Å². The van der Waals surface area contributed by atoms with Crippen molar-refractivity contribution in [3.8, 4) is 0 Å². The summed E-state index contributed by atoms with van der Waals surface area (Å²) in [7, 11) is 0. The van der Waals surface area contributed by atoms with Crippen LogP contribution in [0.25, 0.3) is 12.2 Å². The Balaban J connectivity index is 1.34. The second kappa shape index (κ2) is 9.72. The van der Waals surface area contributed by atoms with Crippen LogP contribution in [-0.2, 0) is 0 Å². The van der Waals surface area contributed by atoms with E-state index in [4.69, 9.17) is 0 Å². The molecule has 1 aliphatic carbocycles. The molecule has 36 heavy (non-hydrogen) atoms. The summed E-state index contributed by atoms with van der Waals surface area (Å²) in [6.45, 7) is 0. The molecule has 0 spiro atoms. The molecule has 0 N–H and O–H groups in total. The molecule has 4 nitrogen and oxygen atoms in total. The molecule has 172 valence electrons. The number of fused-ring (bicyclic) bond motifs is 2. The first-order valence-corrected chi connectivity index (χ1v) is 11.4. The Morgan fingerprint density at radius 1 is 0.500 bits per heavy atom. The van der Waals surface area contributed by atoms with Crippen molar-refractivity contribution in [3.05, 3.63) is 154 Å². The van der Waals surface area contributed by atoms with Crippen LogP contribution in [-0.4, -0.2) is 23.1 Å². The van der Waals surface area contributed by atoms with Crippen LogP contribution in [0.15, 0.2) is 109 Å². The number of hydrogen-bond donors (Lipinski definition) is 0. The van der Waals surface area contributed by atoms with E-state index < -0.39 is 0 Å². The van der Waals surface area contributed by atoms with Crippen LogP contribution in [0.5, 0.6) is 0 Å². The molecular weight excluding hydrogens is 448 g/mol. The van der Waals surface area contributed by atoms with Gasteiger partial charge >= 0.3 is 0 Å². The molecule has 0 saturated carbocycles. The van der Waals surface area contributed by atoms with Gasteiger partial charge in [0, 0.05) is 33.4 Å². The van der Waals surface area contributed by atoms with Crippen LogP contribution < -0.4 is 0 Å². The molecule has 1 aliphatic rings. The molecule has 0 atom stereocenters. The van der Waals surface area contributed by atoms with E-state index in [2.05, 4.69) is 0 Å². The Labute approximate surface area is 208 Å². The first kappa shape index (κ1) is 22.8. The van der Waals surface area contributed by atoms with E-state index in [-0.39, 0.29) is 39.8 Å². The van der Waals surface area contributed by atoms with Crippen LogP contribution in [0.3, 0.4) is 0 Å². The Morgan fingerprint density at radius 3 is 1.67 bits per heavy atom. The highest BCUT2D eigenvalue weighted by Crippen LogP contribution is 2.30. The molecule has 4 heteroatoms. The zero-order chi connectivity index (χ0) is 25.1. The highest BCUT2D eigenvalue weighted by molar-refractivity contribution is 6.31. The first-order valence-electron chi connectivity index (χ1n) is 11.4. The summed E-state index contributed by atoms with van der Waals surface area (Å²) in [4.78, 5) is 51.3. The van der Waals surface area contributed by atoms with Gasteiger partial charge in [-0.3, -0.25) is 19.2 Å². The van der Waals surface area contributed by atoms with Crippen LogP contribution >= 0.6 is 0 Å². The molecule has 4 aromatic carbocycles. The van der Waals surface area contributed by atoms with Gasteiger partial charge in [-0.1, -0.05) is 109 Å². The van der Waals surface area contributed by atoms with Crippen molar-refractivity contribution in [2.45, 2.75) is 0 Å². The highest BCUT2D eigenvalue weighted by Gasteiger charge is 2.32. The summed E-state index contributed by atoms with van der Waals surface area (Å²) in [6, 6.07) is 27.8. The average molecular weight is 469 g/mol. The molecule has 0 aliphatic heterocycles. The minimum atomic E-state index is -0.357. The second-order valence-corrected chi connectivity index (χ2v) is 8.36. The first-order chi connectivity index (χ1) is 17.5. The lowest BCUT2D eigenvalue weighted by molar-refractivity contribution is 0.0972. The third kappa shape index (κ3) is 4.40. The van der Waals surface area contributed by atoms with Crippen molar-refractivity contribution in [3.63, 3.8) is 0 Å². The summed E-state index contributed by atoms with van der Waals surface area (Å²) in [6.07, 6.45) is 6.33. The van der Waals surface area contributed by atoms with E-state index in [1.54, 1.807) is 66.7 Å². The fourth-order valence-electron chi connectivity index (χ4n) is 4.20. The third-order valence-corrected chi connectivity index (χ3v) is 6.07. The maximum absolute atomic E-state index is 13.1. The van der Waals surface area contributed by atoms with Crippen LogP contribution in [0.1, 0.15) is 63.7 Å². The van der Waals surface area contributed by atoms with Gasteiger partial charge in [0.25, 0.3) is 0 Å². The Morgan fingerprint density at radius 2 is 1.03 bits per heavy atom. The number of carbonyl (C=O) groups is 4. The van der Waals surface area contributed by atoms with Crippen LogP contribution in [0.2, 0.25) is 0 Å². The zero-order valence-corrected chi connectivity index (χ0v) is 19.2. The quantitative estimate of drug-likeness (QED) is 0.218. The zero-order valence-electron chi connectivity index (χ0n) is 19.2. The van der Waals surface area contributed by atoms with Crippen molar-refractivity contribution in [2.24, 2.45) is 0 Å². The second-order valence-electron chi connectivity index (χ2n) is 8.36. The molecular formula is C32H20O4. The monoisotopic (exact) mass is 468 g/mol. The molecule has 0 radical (unpaired) electrons. The van der Waals surface area contributed by atoms with Crippen LogP contribution in [0.4, 0.5) is 0 Å². The summed E-state index contributed by atoms with van der Waals surface area (Å²) < 4.78 is 0. The van der Waals surface area contributed by atoms with E-state index in [9.17, 15) is 19.2 Å². The van der Waals surface area contributed by atoms with Gasteiger partial charge in [-0.05, 0) is 23.3 Å². The normalized spacial score (nSPS) is 12.6. The maximum atomic E-state index is 13.1. The fraction of sp³-hybridized carbons (Fsp3) is 0. The van der Waals surface area contributed by atoms with Crippen LogP contribution in [0, 0.1) is 0 Å². The van der Waals surface area contributed by atoms with E-state index in [0.29, 0.717) is 16.7 Å². The van der Waals surface area contributed by atoms with Gasteiger partial charge < -0.3 is 0 Å². The van der Waals surface area contributed by atoms with Crippen molar-refractivity contribution in [2.75, 3.05) is 0 Å². The van der Waals surface area contributed by atoms with Crippen molar-refractivity contribution in [1.29, 1.82) is 0 Å². The minimum absolute atomic E-state index is 0.0768. The molecule has 0 unspecified atom stereocenters. The largest absolute Gasteiger partial charge is 0.289 e. The topological polar surface area (TPSA) is 68.3 Å².